The lowest BCUT2D eigenvalue weighted by atomic mass is 10.2. The van der Waals surface area contributed by atoms with Crippen LogP contribution in [-0.4, -0.2) is 33.2 Å². The molecule has 0 unspecified atom stereocenters. The molecule has 0 aliphatic heterocycles. The standard InChI is InChI=1S/C20H26N2O4S/c1-3-15-27(24,25)21-13-14-22(17(2)23)19-9-11-20(12-10-19)26-16-18-7-5-4-6-8-18/h4-12,21H,3,13-16H2,1-2H3. The molecule has 0 fully saturated rings. The van der Waals surface area contributed by atoms with E-state index in [0.717, 1.165) is 5.56 Å². The van der Waals surface area contributed by atoms with Crippen LogP contribution < -0.4 is 14.4 Å². The second kappa shape index (κ2) is 10.1. The van der Waals surface area contributed by atoms with E-state index in [4.69, 9.17) is 4.74 Å². The number of benzene rings is 2. The van der Waals surface area contributed by atoms with Crippen molar-refractivity contribution < 1.29 is 17.9 Å². The van der Waals surface area contributed by atoms with Crippen molar-refractivity contribution in [3.05, 3.63) is 60.2 Å². The highest BCUT2D eigenvalue weighted by Crippen LogP contribution is 2.20. The normalized spacial score (nSPS) is 11.2. The van der Waals surface area contributed by atoms with Crippen molar-refractivity contribution >= 4 is 21.6 Å². The fourth-order valence-electron chi connectivity index (χ4n) is 2.59. The van der Waals surface area contributed by atoms with E-state index in [2.05, 4.69) is 4.72 Å². The molecule has 7 heteroatoms. The van der Waals surface area contributed by atoms with Crippen LogP contribution in [0, 0.1) is 0 Å². The highest BCUT2D eigenvalue weighted by atomic mass is 32.2. The molecule has 2 rings (SSSR count). The quantitative estimate of drug-likeness (QED) is 0.677. The Morgan fingerprint density at radius 3 is 2.33 bits per heavy atom. The Labute approximate surface area is 161 Å². The Morgan fingerprint density at radius 1 is 1.07 bits per heavy atom. The molecular formula is C20H26N2O4S. The Morgan fingerprint density at radius 2 is 1.74 bits per heavy atom. The molecule has 146 valence electrons. The monoisotopic (exact) mass is 390 g/mol. The fraction of sp³-hybridized carbons (Fsp3) is 0.350. The maximum absolute atomic E-state index is 11.9. The smallest absolute Gasteiger partial charge is 0.223 e. The number of hydrogen-bond acceptors (Lipinski definition) is 4. The molecule has 0 atom stereocenters. The first-order valence-corrected chi connectivity index (χ1v) is 10.6. The average Bonchev–Trinajstić information content (AvgIpc) is 2.65. The van der Waals surface area contributed by atoms with Gasteiger partial charge in [0.15, 0.2) is 0 Å². The number of anilines is 1. The predicted octanol–water partition coefficient (Wildman–Crippen LogP) is 2.95. The molecule has 0 bridgehead atoms. The van der Waals surface area contributed by atoms with Gasteiger partial charge in [-0.15, -0.1) is 0 Å². The third-order valence-corrected chi connectivity index (χ3v) is 5.50. The Kier molecular flexibility index (Phi) is 7.82. The van der Waals surface area contributed by atoms with Gasteiger partial charge in [0, 0.05) is 25.7 Å². The number of ether oxygens (including phenoxy) is 1. The zero-order chi connectivity index (χ0) is 19.7. The van der Waals surface area contributed by atoms with Gasteiger partial charge in [-0.1, -0.05) is 37.3 Å². The van der Waals surface area contributed by atoms with Gasteiger partial charge in [-0.25, -0.2) is 13.1 Å². The van der Waals surface area contributed by atoms with Gasteiger partial charge in [-0.05, 0) is 36.2 Å². The molecule has 0 aromatic heterocycles. The number of carbonyl (C=O) groups is 1. The van der Waals surface area contributed by atoms with Gasteiger partial charge in [0.25, 0.3) is 0 Å². The second-order valence-electron chi connectivity index (χ2n) is 6.15. The van der Waals surface area contributed by atoms with Crippen molar-refractivity contribution in [3.63, 3.8) is 0 Å². The molecule has 6 nitrogen and oxygen atoms in total. The van der Waals surface area contributed by atoms with E-state index in [1.54, 1.807) is 24.3 Å². The molecule has 27 heavy (non-hydrogen) atoms. The summed E-state index contributed by atoms with van der Waals surface area (Å²) in [6, 6.07) is 17.0. The van der Waals surface area contributed by atoms with E-state index in [1.807, 2.05) is 37.3 Å². The third-order valence-electron chi connectivity index (χ3n) is 3.91. The van der Waals surface area contributed by atoms with Crippen molar-refractivity contribution in [1.29, 1.82) is 0 Å². The summed E-state index contributed by atoms with van der Waals surface area (Å²) < 4.78 is 31.7. The lowest BCUT2D eigenvalue weighted by Gasteiger charge is -2.21. The number of rotatable bonds is 10. The van der Waals surface area contributed by atoms with Crippen molar-refractivity contribution in [2.75, 3.05) is 23.7 Å². The molecular weight excluding hydrogens is 364 g/mol. The number of nitrogens with one attached hydrogen (secondary N) is 1. The van der Waals surface area contributed by atoms with Crippen molar-refractivity contribution in [1.82, 2.24) is 4.72 Å². The zero-order valence-electron chi connectivity index (χ0n) is 15.7. The first kappa shape index (κ1) is 20.9. The minimum atomic E-state index is -3.28. The van der Waals surface area contributed by atoms with Crippen LogP contribution in [-0.2, 0) is 21.4 Å². The van der Waals surface area contributed by atoms with Gasteiger partial charge in [0.05, 0.1) is 5.75 Å². The van der Waals surface area contributed by atoms with E-state index in [9.17, 15) is 13.2 Å². The van der Waals surface area contributed by atoms with E-state index in [-0.39, 0.29) is 24.7 Å². The third kappa shape index (κ3) is 7.03. The summed E-state index contributed by atoms with van der Waals surface area (Å²) in [6.45, 7) is 4.18. The molecule has 0 aliphatic carbocycles. The van der Waals surface area contributed by atoms with Crippen molar-refractivity contribution in [3.8, 4) is 5.75 Å². The van der Waals surface area contributed by atoms with Crippen LogP contribution in [0.3, 0.4) is 0 Å². The fourth-order valence-corrected chi connectivity index (χ4v) is 3.67. The van der Waals surface area contributed by atoms with Crippen LogP contribution in [0.4, 0.5) is 5.69 Å². The maximum Gasteiger partial charge on any atom is 0.223 e. The van der Waals surface area contributed by atoms with Crippen LogP contribution in [0.5, 0.6) is 5.75 Å². The molecule has 0 saturated heterocycles. The maximum atomic E-state index is 11.9. The topological polar surface area (TPSA) is 75.7 Å². The van der Waals surface area contributed by atoms with Crippen LogP contribution in [0.15, 0.2) is 54.6 Å². The van der Waals surface area contributed by atoms with Crippen LogP contribution in [0.1, 0.15) is 25.8 Å². The lowest BCUT2D eigenvalue weighted by Crippen LogP contribution is -2.38. The molecule has 2 aromatic carbocycles. The summed E-state index contributed by atoms with van der Waals surface area (Å²) in [5, 5.41) is 0. The second-order valence-corrected chi connectivity index (χ2v) is 8.08. The Bertz CT molecular complexity index is 821. The zero-order valence-corrected chi connectivity index (χ0v) is 16.5. The van der Waals surface area contributed by atoms with Gasteiger partial charge < -0.3 is 9.64 Å². The highest BCUT2D eigenvalue weighted by Gasteiger charge is 2.14. The first-order valence-electron chi connectivity index (χ1n) is 8.93. The number of sulfonamides is 1. The van der Waals surface area contributed by atoms with Crippen molar-refractivity contribution in [2.45, 2.75) is 26.9 Å². The molecule has 1 N–H and O–H groups in total. The molecule has 2 aromatic rings. The summed E-state index contributed by atoms with van der Waals surface area (Å²) in [4.78, 5) is 13.5. The summed E-state index contributed by atoms with van der Waals surface area (Å²) in [6.07, 6.45) is 0.552. The minimum Gasteiger partial charge on any atom is -0.489 e. The molecule has 1 amide bonds. The lowest BCUT2D eigenvalue weighted by molar-refractivity contribution is -0.116. The summed E-state index contributed by atoms with van der Waals surface area (Å²) in [7, 11) is -3.28. The van der Waals surface area contributed by atoms with Crippen LogP contribution in [0.2, 0.25) is 0 Å². The van der Waals surface area contributed by atoms with Gasteiger partial charge in [0.1, 0.15) is 12.4 Å². The van der Waals surface area contributed by atoms with E-state index >= 15 is 0 Å². The molecule has 0 aliphatic rings. The van der Waals surface area contributed by atoms with Crippen molar-refractivity contribution in [2.24, 2.45) is 0 Å². The first-order chi connectivity index (χ1) is 12.9. The predicted molar refractivity (Wildman–Crippen MR) is 107 cm³/mol. The molecule has 0 saturated carbocycles. The van der Waals surface area contributed by atoms with Gasteiger partial charge in [-0.2, -0.15) is 0 Å². The van der Waals surface area contributed by atoms with Gasteiger partial charge >= 0.3 is 0 Å². The summed E-state index contributed by atoms with van der Waals surface area (Å²) >= 11 is 0. The minimum absolute atomic E-state index is 0.0839. The van der Waals surface area contributed by atoms with E-state index < -0.39 is 10.0 Å². The van der Waals surface area contributed by atoms with Crippen LogP contribution in [0.25, 0.3) is 0 Å². The summed E-state index contributed by atoms with van der Waals surface area (Å²) in [5.74, 6) is 0.637. The average molecular weight is 391 g/mol. The number of amides is 1. The summed E-state index contributed by atoms with van der Waals surface area (Å²) in [5.41, 5.74) is 1.77. The van der Waals surface area contributed by atoms with Gasteiger partial charge in [-0.3, -0.25) is 4.79 Å². The van der Waals surface area contributed by atoms with E-state index in [1.165, 1.54) is 11.8 Å². The van der Waals surface area contributed by atoms with E-state index in [0.29, 0.717) is 24.5 Å². The molecule has 0 radical (unpaired) electrons. The number of carbonyl (C=O) groups excluding carboxylic acids is 1. The number of hydrogen-bond donors (Lipinski definition) is 1. The highest BCUT2D eigenvalue weighted by molar-refractivity contribution is 7.89. The molecule has 0 heterocycles. The van der Waals surface area contributed by atoms with Crippen LogP contribution >= 0.6 is 0 Å². The Balaban J connectivity index is 1.94. The Hall–Kier alpha value is -2.38. The molecule has 0 spiro atoms. The number of nitrogens with zero attached hydrogens (tertiary/aromatic N) is 1. The SMILES string of the molecule is CCCS(=O)(=O)NCCN(C(C)=O)c1ccc(OCc2ccccc2)cc1. The largest absolute Gasteiger partial charge is 0.489 e. The van der Waals surface area contributed by atoms with Gasteiger partial charge in [0.2, 0.25) is 15.9 Å².